The summed E-state index contributed by atoms with van der Waals surface area (Å²) in [5.74, 6) is 0.154. The van der Waals surface area contributed by atoms with E-state index in [2.05, 4.69) is 51.2 Å². The van der Waals surface area contributed by atoms with Gasteiger partial charge in [0.2, 0.25) is 5.91 Å². The Morgan fingerprint density at radius 3 is 2.68 bits per heavy atom. The molecular formula is C24H35NO3. The fraction of sp³-hybridized carbons (Fsp3) is 0.667. The Morgan fingerprint density at radius 2 is 2.00 bits per heavy atom. The van der Waals surface area contributed by atoms with Crippen molar-refractivity contribution in [1.29, 1.82) is 0 Å². The van der Waals surface area contributed by atoms with Crippen LogP contribution in [0.25, 0.3) is 0 Å². The van der Waals surface area contributed by atoms with Crippen molar-refractivity contribution in [2.24, 2.45) is 11.3 Å². The van der Waals surface area contributed by atoms with Gasteiger partial charge < -0.3 is 10.4 Å². The second kappa shape index (κ2) is 7.88. The maximum absolute atomic E-state index is 13.2. The summed E-state index contributed by atoms with van der Waals surface area (Å²) < 4.78 is 0. The van der Waals surface area contributed by atoms with Crippen molar-refractivity contribution in [3.05, 3.63) is 34.9 Å². The predicted octanol–water partition coefficient (Wildman–Crippen LogP) is 4.80. The highest BCUT2D eigenvalue weighted by atomic mass is 16.4. The first-order valence-electron chi connectivity index (χ1n) is 10.8. The third-order valence-corrected chi connectivity index (χ3v) is 7.42. The van der Waals surface area contributed by atoms with E-state index in [-0.39, 0.29) is 23.2 Å². The maximum atomic E-state index is 13.2. The molecule has 0 heterocycles. The van der Waals surface area contributed by atoms with E-state index in [4.69, 9.17) is 5.11 Å². The maximum Gasteiger partial charge on any atom is 0.303 e. The zero-order valence-electron chi connectivity index (χ0n) is 17.8. The summed E-state index contributed by atoms with van der Waals surface area (Å²) in [5.41, 5.74) is 3.96. The van der Waals surface area contributed by atoms with Gasteiger partial charge in [-0.15, -0.1) is 0 Å². The van der Waals surface area contributed by atoms with Gasteiger partial charge in [-0.1, -0.05) is 52.3 Å². The summed E-state index contributed by atoms with van der Waals surface area (Å²) in [6.45, 7) is 9.41. The minimum Gasteiger partial charge on any atom is -0.481 e. The van der Waals surface area contributed by atoms with Gasteiger partial charge in [0, 0.05) is 13.0 Å². The van der Waals surface area contributed by atoms with Crippen molar-refractivity contribution in [3.63, 3.8) is 0 Å². The fourth-order valence-corrected chi connectivity index (χ4v) is 5.79. The summed E-state index contributed by atoms with van der Waals surface area (Å²) >= 11 is 0. The molecule has 0 saturated heterocycles. The van der Waals surface area contributed by atoms with Crippen LogP contribution < -0.4 is 5.32 Å². The minimum absolute atomic E-state index is 0.0362. The van der Waals surface area contributed by atoms with Crippen LogP contribution in [0.5, 0.6) is 0 Å². The summed E-state index contributed by atoms with van der Waals surface area (Å²) in [6.07, 6.45) is 5.77. The molecule has 4 heteroatoms. The molecule has 3 atom stereocenters. The molecule has 0 aliphatic heterocycles. The Balaban J connectivity index is 1.82. The topological polar surface area (TPSA) is 66.4 Å². The zero-order valence-corrected chi connectivity index (χ0v) is 17.8. The van der Waals surface area contributed by atoms with Gasteiger partial charge in [0.25, 0.3) is 0 Å². The second-order valence-corrected chi connectivity index (χ2v) is 9.60. The summed E-state index contributed by atoms with van der Waals surface area (Å²) in [5, 5.41) is 11.8. The average Bonchev–Trinajstić information content (AvgIpc) is 2.64. The van der Waals surface area contributed by atoms with E-state index < -0.39 is 5.97 Å². The van der Waals surface area contributed by atoms with Gasteiger partial charge in [-0.2, -0.15) is 0 Å². The SMILES string of the molecule is CC(C)c1ccc2c(c1)CC[C@H]1[C@](C)(C(=O)NCCCC(=O)O)CCC[C@]21C. The number of carbonyl (C=O) groups is 2. The first-order chi connectivity index (χ1) is 13.2. The van der Waals surface area contributed by atoms with Crippen LogP contribution >= 0.6 is 0 Å². The first-order valence-corrected chi connectivity index (χ1v) is 10.8. The van der Waals surface area contributed by atoms with Crippen molar-refractivity contribution >= 4 is 11.9 Å². The van der Waals surface area contributed by atoms with Gasteiger partial charge in [-0.05, 0) is 66.0 Å². The molecule has 0 bridgehead atoms. The van der Waals surface area contributed by atoms with E-state index in [1.165, 1.54) is 16.7 Å². The van der Waals surface area contributed by atoms with Crippen molar-refractivity contribution in [2.75, 3.05) is 6.54 Å². The van der Waals surface area contributed by atoms with Crippen molar-refractivity contribution in [2.45, 2.75) is 84.0 Å². The molecule has 1 aromatic carbocycles. The highest BCUT2D eigenvalue weighted by Gasteiger charge is 2.54. The van der Waals surface area contributed by atoms with E-state index >= 15 is 0 Å². The van der Waals surface area contributed by atoms with Crippen molar-refractivity contribution < 1.29 is 14.7 Å². The van der Waals surface area contributed by atoms with Crippen molar-refractivity contribution in [3.8, 4) is 0 Å². The van der Waals surface area contributed by atoms with E-state index in [1.807, 2.05) is 0 Å². The number of hydrogen-bond acceptors (Lipinski definition) is 2. The number of hydrogen-bond donors (Lipinski definition) is 2. The van der Waals surface area contributed by atoms with Gasteiger partial charge in [0.05, 0.1) is 5.41 Å². The van der Waals surface area contributed by atoms with Gasteiger partial charge in [-0.25, -0.2) is 0 Å². The molecular weight excluding hydrogens is 350 g/mol. The van der Waals surface area contributed by atoms with Crippen LogP contribution in [0.1, 0.15) is 88.8 Å². The number of fused-ring (bicyclic) bond motifs is 3. The van der Waals surface area contributed by atoms with Gasteiger partial charge in [0.15, 0.2) is 0 Å². The zero-order chi connectivity index (χ0) is 20.5. The monoisotopic (exact) mass is 385 g/mol. The summed E-state index contributed by atoms with van der Waals surface area (Å²) in [7, 11) is 0. The Labute approximate surface area is 169 Å². The van der Waals surface area contributed by atoms with E-state index in [9.17, 15) is 9.59 Å². The lowest BCUT2D eigenvalue weighted by atomic mass is 9.49. The molecule has 0 aromatic heterocycles. The van der Waals surface area contributed by atoms with Crippen LogP contribution in [0.4, 0.5) is 0 Å². The lowest BCUT2D eigenvalue weighted by Crippen LogP contribution is -2.55. The number of amides is 1. The standard InChI is InChI=1S/C24H35NO3/c1-16(2)17-8-10-19-18(15-17)9-11-20-23(19,3)12-6-13-24(20,4)22(28)25-14-5-7-21(26)27/h8,10,15-16,20H,5-7,9,11-14H2,1-4H3,(H,25,28)(H,26,27)/t20-,23-,24-/m1/s1. The largest absolute Gasteiger partial charge is 0.481 e. The average molecular weight is 386 g/mol. The molecule has 0 radical (unpaired) electrons. The molecule has 2 N–H and O–H groups in total. The number of carboxylic acid groups (broad SMARTS) is 1. The molecule has 4 nitrogen and oxygen atoms in total. The molecule has 154 valence electrons. The van der Waals surface area contributed by atoms with Crippen LogP contribution in [-0.2, 0) is 21.4 Å². The van der Waals surface area contributed by atoms with Gasteiger partial charge >= 0.3 is 5.97 Å². The van der Waals surface area contributed by atoms with E-state index in [0.717, 1.165) is 32.1 Å². The lowest BCUT2D eigenvalue weighted by molar-refractivity contribution is -0.140. The Hall–Kier alpha value is -1.84. The number of benzene rings is 1. The lowest BCUT2D eigenvalue weighted by Gasteiger charge is -2.54. The van der Waals surface area contributed by atoms with Crippen molar-refractivity contribution in [1.82, 2.24) is 5.32 Å². The van der Waals surface area contributed by atoms with Crippen LogP contribution in [0, 0.1) is 11.3 Å². The molecule has 3 rings (SSSR count). The molecule has 0 unspecified atom stereocenters. The third-order valence-electron chi connectivity index (χ3n) is 7.42. The Morgan fingerprint density at radius 1 is 1.25 bits per heavy atom. The molecule has 1 fully saturated rings. The molecule has 1 amide bonds. The number of aryl methyl sites for hydroxylation is 1. The number of aliphatic carboxylic acids is 1. The quantitative estimate of drug-likeness (QED) is 0.691. The number of carboxylic acids is 1. The minimum atomic E-state index is -0.810. The van der Waals surface area contributed by atoms with Crippen LogP contribution in [0.15, 0.2) is 18.2 Å². The number of carbonyl (C=O) groups excluding carboxylic acids is 1. The molecule has 1 aromatic rings. The molecule has 1 saturated carbocycles. The third kappa shape index (κ3) is 3.70. The van der Waals surface area contributed by atoms with Crippen LogP contribution in [-0.4, -0.2) is 23.5 Å². The second-order valence-electron chi connectivity index (χ2n) is 9.60. The van der Waals surface area contributed by atoms with Gasteiger partial charge in [0.1, 0.15) is 0 Å². The Kier molecular flexibility index (Phi) is 5.88. The summed E-state index contributed by atoms with van der Waals surface area (Å²) in [4.78, 5) is 23.9. The molecule has 28 heavy (non-hydrogen) atoms. The number of rotatable bonds is 6. The Bertz CT molecular complexity index is 756. The summed E-state index contributed by atoms with van der Waals surface area (Å²) in [6, 6.07) is 6.99. The highest BCUT2D eigenvalue weighted by molar-refractivity contribution is 5.83. The molecule has 0 spiro atoms. The first kappa shape index (κ1) is 20.9. The highest BCUT2D eigenvalue weighted by Crippen LogP contribution is 2.57. The number of nitrogens with one attached hydrogen (secondary N) is 1. The van der Waals surface area contributed by atoms with Gasteiger partial charge in [-0.3, -0.25) is 9.59 Å². The predicted molar refractivity (Wildman–Crippen MR) is 112 cm³/mol. The van der Waals surface area contributed by atoms with E-state index in [1.54, 1.807) is 0 Å². The molecule has 2 aliphatic carbocycles. The van der Waals surface area contributed by atoms with Crippen LogP contribution in [0.3, 0.4) is 0 Å². The van der Waals surface area contributed by atoms with Crippen LogP contribution in [0.2, 0.25) is 0 Å². The van der Waals surface area contributed by atoms with E-state index in [0.29, 0.717) is 24.8 Å². The normalized spacial score (nSPS) is 29.1. The molecule has 2 aliphatic rings. The smallest absolute Gasteiger partial charge is 0.303 e. The fourth-order valence-electron chi connectivity index (χ4n) is 5.79.